The molecule has 0 fully saturated rings. The second-order valence-electron chi connectivity index (χ2n) is 8.10. The van der Waals surface area contributed by atoms with Crippen molar-refractivity contribution in [2.45, 2.75) is 59.4 Å². The van der Waals surface area contributed by atoms with Gasteiger partial charge in [-0.1, -0.05) is 62.7 Å². The van der Waals surface area contributed by atoms with Gasteiger partial charge in [-0.25, -0.2) is 9.89 Å². The molecule has 1 aliphatic heterocycles. The molecule has 1 aliphatic rings. The third-order valence-electron chi connectivity index (χ3n) is 5.94. The van der Waals surface area contributed by atoms with Crippen molar-refractivity contribution in [1.82, 2.24) is 0 Å². The number of nitrogens with zero attached hydrogens (tertiary/aromatic N) is 1. The molecule has 2 atom stereocenters. The molecule has 30 heavy (non-hydrogen) atoms. The van der Waals surface area contributed by atoms with Gasteiger partial charge in [-0.3, -0.25) is 4.79 Å². The average molecular weight is 445 g/mol. The summed E-state index contributed by atoms with van der Waals surface area (Å²) in [4.78, 5) is 13.0. The molecular formula is C25H33ClN2OS. The summed E-state index contributed by atoms with van der Waals surface area (Å²) in [6, 6.07) is 15.0. The molecule has 162 valence electrons. The van der Waals surface area contributed by atoms with E-state index in [9.17, 15) is 4.79 Å². The molecule has 0 spiro atoms. The Hall–Kier alpha value is -1.78. The topological polar surface area (TPSA) is 32.1 Å². The number of Topliss-reactive ketones (excluding diaryl/α,β-unsaturated/α-hetero) is 1. The molecule has 0 amide bonds. The van der Waals surface area contributed by atoms with Gasteiger partial charge in [0.2, 0.25) is 5.78 Å². The number of anilines is 1. The molecule has 0 aliphatic carbocycles. The van der Waals surface area contributed by atoms with Gasteiger partial charge in [0.15, 0.2) is 0 Å². The van der Waals surface area contributed by atoms with Crippen LogP contribution < -0.4 is 17.7 Å². The number of ketones is 1. The van der Waals surface area contributed by atoms with E-state index in [0.29, 0.717) is 18.5 Å². The van der Waals surface area contributed by atoms with E-state index in [0.717, 1.165) is 35.0 Å². The molecule has 0 aromatic heterocycles. The number of hydrogen-bond acceptors (Lipinski definition) is 3. The molecule has 2 aromatic rings. The van der Waals surface area contributed by atoms with Gasteiger partial charge >= 0.3 is 5.17 Å². The first-order chi connectivity index (χ1) is 13.9. The summed E-state index contributed by atoms with van der Waals surface area (Å²) < 4.78 is 2.26. The smallest absolute Gasteiger partial charge is 0.312 e. The van der Waals surface area contributed by atoms with Gasteiger partial charge in [0.05, 0.1) is 0 Å². The zero-order valence-corrected chi connectivity index (χ0v) is 20.2. The Morgan fingerprint density at radius 1 is 1.17 bits per heavy atom. The molecule has 0 bridgehead atoms. The van der Waals surface area contributed by atoms with Crippen molar-refractivity contribution in [1.29, 1.82) is 0 Å². The van der Waals surface area contributed by atoms with E-state index in [1.807, 2.05) is 23.9 Å². The summed E-state index contributed by atoms with van der Waals surface area (Å²) in [6.45, 7) is 11.3. The van der Waals surface area contributed by atoms with E-state index in [1.54, 1.807) is 0 Å². The van der Waals surface area contributed by atoms with Crippen LogP contribution in [0.2, 0.25) is 0 Å². The maximum absolute atomic E-state index is 13.0. The third kappa shape index (κ3) is 5.67. The Bertz CT molecular complexity index is 908. The minimum absolute atomic E-state index is 0. The molecule has 1 N–H and O–H groups in total. The number of carbonyl (C=O) groups excluding carboxylic acids is 1. The van der Waals surface area contributed by atoms with E-state index < -0.39 is 0 Å². The predicted molar refractivity (Wildman–Crippen MR) is 126 cm³/mol. The first-order valence-electron chi connectivity index (χ1n) is 10.7. The molecule has 3 nitrogen and oxygen atoms in total. The van der Waals surface area contributed by atoms with E-state index >= 15 is 0 Å². The fraction of sp³-hybridized carbons (Fsp3) is 0.440. The van der Waals surface area contributed by atoms with Crippen LogP contribution in [0.4, 0.5) is 5.69 Å². The quantitative estimate of drug-likeness (QED) is 0.526. The van der Waals surface area contributed by atoms with Crippen molar-refractivity contribution < 1.29 is 21.8 Å². The highest BCUT2D eigenvalue weighted by molar-refractivity contribution is 8.14. The Morgan fingerprint density at radius 3 is 2.47 bits per heavy atom. The van der Waals surface area contributed by atoms with Crippen LogP contribution in [0.3, 0.4) is 0 Å². The normalized spacial score (nSPS) is 16.9. The van der Waals surface area contributed by atoms with Crippen molar-refractivity contribution in [2.75, 3.05) is 17.6 Å². The fourth-order valence-corrected chi connectivity index (χ4v) is 5.04. The fourth-order valence-electron chi connectivity index (χ4n) is 3.71. The van der Waals surface area contributed by atoms with Crippen molar-refractivity contribution in [3.63, 3.8) is 0 Å². The summed E-state index contributed by atoms with van der Waals surface area (Å²) in [5, 5.41) is 4.68. The summed E-state index contributed by atoms with van der Waals surface area (Å²) in [7, 11) is 0. The van der Waals surface area contributed by atoms with Crippen LogP contribution in [0.5, 0.6) is 0 Å². The van der Waals surface area contributed by atoms with Crippen molar-refractivity contribution in [2.24, 2.45) is 0 Å². The first-order valence-corrected chi connectivity index (χ1v) is 11.6. The van der Waals surface area contributed by atoms with Gasteiger partial charge in [-0.05, 0) is 61.6 Å². The van der Waals surface area contributed by atoms with Crippen LogP contribution in [0.15, 0.2) is 42.5 Å². The highest BCUT2D eigenvalue weighted by Crippen LogP contribution is 2.25. The molecular weight excluding hydrogens is 412 g/mol. The number of aryl methyl sites for hydroxylation is 2. The Morgan fingerprint density at radius 2 is 1.87 bits per heavy atom. The van der Waals surface area contributed by atoms with Crippen LogP contribution in [0.1, 0.15) is 66.6 Å². The number of hydrogen-bond donors (Lipinski definition) is 1. The molecule has 0 saturated heterocycles. The number of amidine groups is 1. The van der Waals surface area contributed by atoms with Crippen LogP contribution in [0, 0.1) is 13.8 Å². The van der Waals surface area contributed by atoms with E-state index in [4.69, 9.17) is 0 Å². The van der Waals surface area contributed by atoms with Gasteiger partial charge in [0, 0.05) is 11.3 Å². The number of nitrogens with one attached hydrogen (secondary N) is 1. The Labute approximate surface area is 191 Å². The monoisotopic (exact) mass is 444 g/mol. The molecule has 0 radical (unpaired) electrons. The number of halogens is 1. The zero-order chi connectivity index (χ0) is 21.0. The summed E-state index contributed by atoms with van der Waals surface area (Å²) in [5.41, 5.74) is 5.71. The molecule has 5 heteroatoms. The van der Waals surface area contributed by atoms with E-state index in [-0.39, 0.29) is 18.2 Å². The summed E-state index contributed by atoms with van der Waals surface area (Å²) in [6.07, 6.45) is 2.14. The van der Waals surface area contributed by atoms with Gasteiger partial charge in [0.1, 0.15) is 18.3 Å². The van der Waals surface area contributed by atoms with Gasteiger partial charge in [0.25, 0.3) is 0 Å². The first kappa shape index (κ1) is 24.5. The lowest BCUT2D eigenvalue weighted by molar-refractivity contribution is -0.543. The number of carbonyl (C=O) groups is 1. The largest absolute Gasteiger partial charge is 1.00 e. The molecule has 3 rings (SSSR count). The Balaban J connectivity index is 0.00000320. The standard InChI is InChI=1S/C25H32N2OS.ClH/c1-6-18(4)20-9-11-21(12-10-20)24(28)15-27-22(7-2)16-29-25(27)26-23-13-8-17(3)14-19(23)5;/h8-14,18,22H,6-7,15-16H2,1-5H3;1H. The highest BCUT2D eigenvalue weighted by atomic mass is 35.5. The average Bonchev–Trinajstić information content (AvgIpc) is 3.10. The summed E-state index contributed by atoms with van der Waals surface area (Å²) in [5.74, 6) is 1.73. The lowest BCUT2D eigenvalue weighted by Crippen LogP contribution is -3.00. The SMILES string of the molecule is CCC(C)c1ccc(C(=O)C[N+]2=C(Nc3ccc(C)cc3C)SCC2CC)cc1.[Cl-]. The zero-order valence-electron chi connectivity index (χ0n) is 18.7. The number of benzene rings is 2. The van der Waals surface area contributed by atoms with Gasteiger partial charge in [-0.15, -0.1) is 0 Å². The van der Waals surface area contributed by atoms with Gasteiger partial charge < -0.3 is 12.4 Å². The van der Waals surface area contributed by atoms with Crippen LogP contribution in [-0.4, -0.2) is 33.9 Å². The maximum Gasteiger partial charge on any atom is 0.312 e. The summed E-state index contributed by atoms with van der Waals surface area (Å²) >= 11 is 1.82. The molecule has 2 aromatic carbocycles. The van der Waals surface area contributed by atoms with Crippen LogP contribution in [-0.2, 0) is 0 Å². The Kier molecular flexibility index (Phi) is 8.99. The predicted octanol–water partition coefficient (Wildman–Crippen LogP) is 3.01. The van der Waals surface area contributed by atoms with Crippen molar-refractivity contribution in [3.05, 3.63) is 64.7 Å². The van der Waals surface area contributed by atoms with Crippen molar-refractivity contribution >= 4 is 28.4 Å². The van der Waals surface area contributed by atoms with Crippen LogP contribution >= 0.6 is 11.8 Å². The highest BCUT2D eigenvalue weighted by Gasteiger charge is 2.32. The minimum atomic E-state index is 0. The van der Waals surface area contributed by atoms with E-state index in [2.05, 4.69) is 74.8 Å². The second-order valence-corrected chi connectivity index (χ2v) is 9.11. The van der Waals surface area contributed by atoms with Crippen LogP contribution in [0.25, 0.3) is 0 Å². The third-order valence-corrected chi connectivity index (χ3v) is 7.10. The second kappa shape index (κ2) is 11.0. The maximum atomic E-state index is 13.0. The van der Waals surface area contributed by atoms with E-state index in [1.165, 1.54) is 16.7 Å². The van der Waals surface area contributed by atoms with Gasteiger partial charge in [-0.2, -0.15) is 0 Å². The number of thioether (sulfide) groups is 1. The molecule has 0 saturated carbocycles. The lowest BCUT2D eigenvalue weighted by atomic mass is 9.97. The lowest BCUT2D eigenvalue weighted by Gasteiger charge is -2.13. The number of rotatable bonds is 7. The molecule has 1 heterocycles. The molecule has 2 unspecified atom stereocenters. The minimum Gasteiger partial charge on any atom is -1.00 e. The van der Waals surface area contributed by atoms with Crippen molar-refractivity contribution in [3.8, 4) is 0 Å².